The number of para-hydroxylation sites is 1. The Morgan fingerprint density at radius 3 is 2.57 bits per heavy atom. The smallest absolute Gasteiger partial charge is 0.233 e. The quantitative estimate of drug-likeness (QED) is 0.674. The van der Waals surface area contributed by atoms with Gasteiger partial charge in [-0.15, -0.1) is 12.4 Å². The molecule has 1 aliphatic rings. The van der Waals surface area contributed by atoms with Crippen LogP contribution in [-0.4, -0.2) is 37.3 Å². The average molecular weight is 402 g/mol. The lowest BCUT2D eigenvalue weighted by molar-refractivity contribution is -0.130. The number of aryl methyl sites for hydroxylation is 1. The van der Waals surface area contributed by atoms with Crippen molar-refractivity contribution in [2.24, 2.45) is 5.41 Å². The Morgan fingerprint density at radius 1 is 1.14 bits per heavy atom. The van der Waals surface area contributed by atoms with E-state index in [-0.39, 0.29) is 18.3 Å². The predicted molar refractivity (Wildman–Crippen MR) is 117 cm³/mol. The van der Waals surface area contributed by atoms with E-state index >= 15 is 0 Å². The van der Waals surface area contributed by atoms with Gasteiger partial charge >= 0.3 is 0 Å². The summed E-state index contributed by atoms with van der Waals surface area (Å²) >= 11 is 0. The highest BCUT2D eigenvalue weighted by atomic mass is 35.5. The monoisotopic (exact) mass is 401 g/mol. The number of halogens is 1. The molecule has 1 saturated heterocycles. The molecular formula is C22H28ClN3O2. The molecule has 1 aromatic heterocycles. The Bertz CT molecular complexity index is 971. The van der Waals surface area contributed by atoms with Crippen molar-refractivity contribution >= 4 is 45.8 Å². The maximum Gasteiger partial charge on any atom is 0.233 e. The lowest BCUT2D eigenvalue weighted by Crippen LogP contribution is -2.47. The number of nitrogens with one attached hydrogen (secondary N) is 2. The van der Waals surface area contributed by atoms with Crippen molar-refractivity contribution in [3.05, 3.63) is 42.5 Å². The van der Waals surface area contributed by atoms with Gasteiger partial charge in [0.05, 0.1) is 12.0 Å². The number of methoxy groups -OCH3 is 1. The molecule has 0 aliphatic carbocycles. The van der Waals surface area contributed by atoms with Gasteiger partial charge in [0.1, 0.15) is 0 Å². The van der Waals surface area contributed by atoms with Gasteiger partial charge in [-0.1, -0.05) is 18.2 Å². The second-order valence-corrected chi connectivity index (χ2v) is 7.41. The van der Waals surface area contributed by atoms with Crippen LogP contribution in [0.25, 0.3) is 21.8 Å². The highest BCUT2D eigenvalue weighted by Gasteiger charge is 2.39. The van der Waals surface area contributed by atoms with E-state index in [1.165, 1.54) is 21.8 Å². The number of aromatic nitrogens is 1. The van der Waals surface area contributed by atoms with Crippen molar-refractivity contribution in [3.63, 3.8) is 0 Å². The fraction of sp³-hybridized carbons (Fsp3) is 0.409. The molecule has 0 saturated carbocycles. The highest BCUT2D eigenvalue weighted by Crippen LogP contribution is 2.33. The molecule has 28 heavy (non-hydrogen) atoms. The summed E-state index contributed by atoms with van der Waals surface area (Å²) in [6, 6.07) is 14.7. The summed E-state index contributed by atoms with van der Waals surface area (Å²) in [5.74, 6) is 0.0597. The molecule has 2 aromatic carbocycles. The molecule has 1 amide bonds. The molecule has 150 valence electrons. The van der Waals surface area contributed by atoms with E-state index in [9.17, 15) is 4.79 Å². The van der Waals surface area contributed by atoms with E-state index in [1.54, 1.807) is 7.11 Å². The highest BCUT2D eigenvalue weighted by molar-refractivity contribution is 6.10. The van der Waals surface area contributed by atoms with E-state index in [4.69, 9.17) is 4.74 Å². The van der Waals surface area contributed by atoms with Crippen LogP contribution >= 0.6 is 12.4 Å². The van der Waals surface area contributed by atoms with Gasteiger partial charge in [-0.05, 0) is 57.1 Å². The number of carbonyl (C=O) groups is 1. The number of fused-ring (bicyclic) bond motifs is 3. The number of nitrogens with zero attached hydrogens (tertiary/aromatic N) is 1. The van der Waals surface area contributed by atoms with Crippen LogP contribution in [0, 0.1) is 5.41 Å². The van der Waals surface area contributed by atoms with E-state index < -0.39 is 5.41 Å². The van der Waals surface area contributed by atoms with E-state index in [0.717, 1.165) is 38.2 Å². The number of benzene rings is 2. The Balaban J connectivity index is 0.00000225. The third kappa shape index (κ3) is 3.50. The van der Waals surface area contributed by atoms with Gasteiger partial charge in [0.2, 0.25) is 5.91 Å². The molecule has 0 bridgehead atoms. The molecule has 1 aliphatic heterocycles. The zero-order valence-electron chi connectivity index (χ0n) is 16.5. The van der Waals surface area contributed by atoms with Crippen LogP contribution in [0.4, 0.5) is 5.69 Å². The Labute approximate surface area is 171 Å². The van der Waals surface area contributed by atoms with Crippen LogP contribution in [-0.2, 0) is 16.1 Å². The standard InChI is InChI=1S/C22H27N3O2.ClH/c1-3-25-19-7-5-4-6-17(19)18-14-16(8-9-20(18)25)24-21(26)22(15-27-2)10-12-23-13-11-22;/h4-9,14,23H,3,10-13,15H2,1-2H3,(H,24,26);1H. The molecule has 4 rings (SSSR count). The summed E-state index contributed by atoms with van der Waals surface area (Å²) in [5, 5.41) is 8.90. The van der Waals surface area contributed by atoms with E-state index in [0.29, 0.717) is 6.61 Å². The summed E-state index contributed by atoms with van der Waals surface area (Å²) in [5.41, 5.74) is 2.82. The number of rotatable bonds is 5. The summed E-state index contributed by atoms with van der Waals surface area (Å²) in [6.07, 6.45) is 1.59. The molecule has 0 atom stereocenters. The van der Waals surface area contributed by atoms with Crippen LogP contribution in [0.1, 0.15) is 19.8 Å². The molecule has 0 unspecified atom stereocenters. The topological polar surface area (TPSA) is 55.3 Å². The number of carbonyl (C=O) groups excluding carboxylic acids is 1. The molecule has 6 heteroatoms. The fourth-order valence-electron chi connectivity index (χ4n) is 4.35. The number of piperidine rings is 1. The van der Waals surface area contributed by atoms with Crippen LogP contribution < -0.4 is 10.6 Å². The molecular weight excluding hydrogens is 374 g/mol. The van der Waals surface area contributed by atoms with E-state index in [1.807, 2.05) is 6.07 Å². The van der Waals surface area contributed by atoms with Gasteiger partial charge in [0.25, 0.3) is 0 Å². The number of amides is 1. The zero-order chi connectivity index (χ0) is 18.9. The zero-order valence-corrected chi connectivity index (χ0v) is 17.3. The normalized spacial score (nSPS) is 16.1. The summed E-state index contributed by atoms with van der Waals surface area (Å²) in [6.45, 7) is 5.23. The van der Waals surface area contributed by atoms with Crippen LogP contribution in [0.3, 0.4) is 0 Å². The van der Waals surface area contributed by atoms with Crippen LogP contribution in [0.2, 0.25) is 0 Å². The maximum atomic E-state index is 13.1. The van der Waals surface area contributed by atoms with Crippen molar-refractivity contribution in [2.75, 3.05) is 32.1 Å². The summed E-state index contributed by atoms with van der Waals surface area (Å²) in [4.78, 5) is 13.1. The van der Waals surface area contributed by atoms with Crippen molar-refractivity contribution in [2.45, 2.75) is 26.3 Å². The first kappa shape index (κ1) is 20.6. The average Bonchev–Trinajstić information content (AvgIpc) is 3.02. The van der Waals surface area contributed by atoms with Gasteiger partial charge in [-0.3, -0.25) is 4.79 Å². The number of ether oxygens (including phenoxy) is 1. The summed E-state index contributed by atoms with van der Waals surface area (Å²) < 4.78 is 7.71. The second-order valence-electron chi connectivity index (χ2n) is 7.41. The largest absolute Gasteiger partial charge is 0.384 e. The first-order chi connectivity index (χ1) is 13.2. The lowest BCUT2D eigenvalue weighted by Gasteiger charge is -2.35. The Kier molecular flexibility index (Phi) is 6.28. The van der Waals surface area contributed by atoms with Crippen LogP contribution in [0.15, 0.2) is 42.5 Å². The fourth-order valence-corrected chi connectivity index (χ4v) is 4.35. The van der Waals surface area contributed by atoms with Crippen molar-refractivity contribution in [1.82, 2.24) is 9.88 Å². The molecule has 0 radical (unpaired) electrons. The Hall–Kier alpha value is -2.08. The predicted octanol–water partition coefficient (Wildman–Crippen LogP) is 4.19. The molecule has 0 spiro atoms. The van der Waals surface area contributed by atoms with Gasteiger partial charge in [-0.25, -0.2) is 0 Å². The minimum absolute atomic E-state index is 0. The van der Waals surface area contributed by atoms with Crippen LogP contribution in [0.5, 0.6) is 0 Å². The number of anilines is 1. The molecule has 1 fully saturated rings. The third-order valence-electron chi connectivity index (χ3n) is 5.81. The molecule has 3 aromatic rings. The number of hydrogen-bond donors (Lipinski definition) is 2. The second kappa shape index (κ2) is 8.52. The van der Waals surface area contributed by atoms with Gasteiger partial charge < -0.3 is 19.9 Å². The molecule has 5 nitrogen and oxygen atoms in total. The SMILES string of the molecule is CCn1c2ccccc2c2cc(NC(=O)C3(COC)CCNCC3)ccc21.Cl. The minimum atomic E-state index is -0.452. The number of hydrogen-bond acceptors (Lipinski definition) is 3. The third-order valence-corrected chi connectivity index (χ3v) is 5.81. The van der Waals surface area contributed by atoms with E-state index in [2.05, 4.69) is 58.5 Å². The summed E-state index contributed by atoms with van der Waals surface area (Å²) in [7, 11) is 1.67. The van der Waals surface area contributed by atoms with Crippen molar-refractivity contribution < 1.29 is 9.53 Å². The minimum Gasteiger partial charge on any atom is -0.384 e. The molecule has 2 N–H and O–H groups in total. The lowest BCUT2D eigenvalue weighted by atomic mass is 9.78. The molecule has 2 heterocycles. The first-order valence-corrected chi connectivity index (χ1v) is 9.70. The Morgan fingerprint density at radius 2 is 1.86 bits per heavy atom. The first-order valence-electron chi connectivity index (χ1n) is 9.70. The van der Waals surface area contributed by atoms with Crippen molar-refractivity contribution in [1.29, 1.82) is 0 Å². The van der Waals surface area contributed by atoms with Gasteiger partial charge in [0, 0.05) is 41.1 Å². The van der Waals surface area contributed by atoms with Crippen molar-refractivity contribution in [3.8, 4) is 0 Å². The maximum absolute atomic E-state index is 13.1. The van der Waals surface area contributed by atoms with Gasteiger partial charge in [-0.2, -0.15) is 0 Å². The van der Waals surface area contributed by atoms with Gasteiger partial charge in [0.15, 0.2) is 0 Å².